The van der Waals surface area contributed by atoms with Crippen LogP contribution in [0.15, 0.2) is 18.2 Å². The third-order valence-electron chi connectivity index (χ3n) is 3.14. The molecule has 18 heavy (non-hydrogen) atoms. The number of hydrogen-bond acceptors (Lipinski definition) is 3. The second-order valence-electron chi connectivity index (χ2n) is 4.57. The summed E-state index contributed by atoms with van der Waals surface area (Å²) in [6.45, 7) is 6.58. The molecule has 0 bridgehead atoms. The Hall–Kier alpha value is -0.770. The van der Waals surface area contributed by atoms with Gasteiger partial charge in [-0.3, -0.25) is 0 Å². The molecule has 2 unspecified atom stereocenters. The van der Waals surface area contributed by atoms with Gasteiger partial charge in [0.2, 0.25) is 0 Å². The molecule has 100 valence electrons. The van der Waals surface area contributed by atoms with E-state index >= 15 is 0 Å². The fourth-order valence-corrected chi connectivity index (χ4v) is 2.48. The van der Waals surface area contributed by atoms with Crippen molar-refractivity contribution in [2.75, 3.05) is 19.8 Å². The summed E-state index contributed by atoms with van der Waals surface area (Å²) >= 11 is 6.29. The van der Waals surface area contributed by atoms with Crippen LogP contribution in [0.4, 0.5) is 0 Å². The summed E-state index contributed by atoms with van der Waals surface area (Å²) in [6, 6.07) is 6.16. The Morgan fingerprint density at radius 3 is 3.00 bits per heavy atom. The van der Waals surface area contributed by atoms with Crippen molar-refractivity contribution in [3.8, 4) is 5.75 Å². The van der Waals surface area contributed by atoms with Gasteiger partial charge < -0.3 is 14.8 Å². The molecule has 2 atom stereocenters. The first-order valence-corrected chi connectivity index (χ1v) is 6.85. The normalized spacial score (nSPS) is 20.9. The largest absolute Gasteiger partial charge is 0.488 e. The second kappa shape index (κ2) is 6.41. The Morgan fingerprint density at radius 1 is 1.56 bits per heavy atom. The Morgan fingerprint density at radius 2 is 2.39 bits per heavy atom. The molecule has 1 aromatic rings. The monoisotopic (exact) mass is 269 g/mol. The molecule has 1 saturated heterocycles. The molecule has 0 spiro atoms. The van der Waals surface area contributed by atoms with Gasteiger partial charge in [-0.05, 0) is 31.2 Å². The van der Waals surface area contributed by atoms with Gasteiger partial charge in [0.15, 0.2) is 0 Å². The van der Waals surface area contributed by atoms with Crippen LogP contribution in [0.3, 0.4) is 0 Å². The molecular weight excluding hydrogens is 250 g/mol. The topological polar surface area (TPSA) is 30.5 Å². The predicted molar refractivity (Wildman–Crippen MR) is 73.4 cm³/mol. The van der Waals surface area contributed by atoms with Crippen LogP contribution in [-0.2, 0) is 4.74 Å². The van der Waals surface area contributed by atoms with Crippen molar-refractivity contribution in [2.24, 2.45) is 0 Å². The van der Waals surface area contributed by atoms with Crippen molar-refractivity contribution in [2.45, 2.75) is 32.4 Å². The van der Waals surface area contributed by atoms with E-state index in [1.54, 1.807) is 0 Å². The lowest BCUT2D eigenvalue weighted by Gasteiger charge is -2.17. The molecule has 1 N–H and O–H groups in total. The summed E-state index contributed by atoms with van der Waals surface area (Å²) in [5.41, 5.74) is 1.11. The predicted octanol–water partition coefficient (Wildman–Crippen LogP) is 3.18. The van der Waals surface area contributed by atoms with Crippen molar-refractivity contribution < 1.29 is 9.47 Å². The Labute approximate surface area is 113 Å². The van der Waals surface area contributed by atoms with Gasteiger partial charge in [0.1, 0.15) is 11.9 Å². The molecule has 1 aliphatic rings. The third-order valence-corrected chi connectivity index (χ3v) is 3.47. The fourth-order valence-electron chi connectivity index (χ4n) is 2.15. The number of ether oxygens (including phenoxy) is 2. The standard InChI is InChI=1S/C14H20ClNO2/c1-3-16-10(2)13-5-4-11(8-14(13)15)18-12-6-7-17-9-12/h4-5,8,10,12,16H,3,6-7,9H2,1-2H3. The summed E-state index contributed by atoms with van der Waals surface area (Å²) in [6.07, 6.45) is 1.12. The van der Waals surface area contributed by atoms with Crippen molar-refractivity contribution >= 4 is 11.6 Å². The maximum Gasteiger partial charge on any atom is 0.124 e. The Balaban J connectivity index is 2.04. The van der Waals surface area contributed by atoms with E-state index in [2.05, 4.69) is 19.2 Å². The lowest BCUT2D eigenvalue weighted by Crippen LogP contribution is -2.18. The molecule has 0 aliphatic carbocycles. The van der Waals surface area contributed by atoms with Crippen LogP contribution < -0.4 is 10.1 Å². The zero-order valence-corrected chi connectivity index (χ0v) is 11.7. The number of rotatable bonds is 5. The van der Waals surface area contributed by atoms with Crippen molar-refractivity contribution in [3.63, 3.8) is 0 Å². The van der Waals surface area contributed by atoms with Gasteiger partial charge in [0.25, 0.3) is 0 Å². The molecule has 1 fully saturated rings. The van der Waals surface area contributed by atoms with Gasteiger partial charge >= 0.3 is 0 Å². The highest BCUT2D eigenvalue weighted by Crippen LogP contribution is 2.28. The zero-order chi connectivity index (χ0) is 13.0. The first kappa shape index (κ1) is 13.7. The first-order valence-electron chi connectivity index (χ1n) is 6.48. The molecule has 4 heteroatoms. The van der Waals surface area contributed by atoms with Crippen LogP contribution >= 0.6 is 11.6 Å². The molecule has 0 amide bonds. The lowest BCUT2D eigenvalue weighted by molar-refractivity contribution is 0.141. The summed E-state index contributed by atoms with van der Waals surface area (Å²) < 4.78 is 11.1. The number of halogens is 1. The maximum atomic E-state index is 6.29. The van der Waals surface area contributed by atoms with Crippen molar-refractivity contribution in [1.29, 1.82) is 0 Å². The van der Waals surface area contributed by atoms with E-state index in [1.807, 2.05) is 18.2 Å². The van der Waals surface area contributed by atoms with Gasteiger partial charge in [-0.15, -0.1) is 0 Å². The van der Waals surface area contributed by atoms with Crippen molar-refractivity contribution in [3.05, 3.63) is 28.8 Å². The first-order chi connectivity index (χ1) is 8.70. The van der Waals surface area contributed by atoms with E-state index in [0.717, 1.165) is 35.9 Å². The highest BCUT2D eigenvalue weighted by atomic mass is 35.5. The molecule has 2 rings (SSSR count). The maximum absolute atomic E-state index is 6.29. The van der Waals surface area contributed by atoms with Crippen LogP contribution in [0.25, 0.3) is 0 Å². The summed E-state index contributed by atoms with van der Waals surface area (Å²) in [5.74, 6) is 0.822. The minimum atomic E-state index is 0.165. The zero-order valence-electron chi connectivity index (χ0n) is 10.9. The Kier molecular flexibility index (Phi) is 4.87. The number of hydrogen-bond donors (Lipinski definition) is 1. The van der Waals surface area contributed by atoms with Gasteiger partial charge in [-0.2, -0.15) is 0 Å². The van der Waals surface area contributed by atoms with E-state index in [0.29, 0.717) is 6.61 Å². The average Bonchev–Trinajstić information content (AvgIpc) is 2.82. The third kappa shape index (κ3) is 3.37. The van der Waals surface area contributed by atoms with Crippen LogP contribution in [0.5, 0.6) is 5.75 Å². The lowest BCUT2D eigenvalue weighted by atomic mass is 10.1. The summed E-state index contributed by atoms with van der Waals surface area (Å²) in [5, 5.41) is 4.10. The smallest absolute Gasteiger partial charge is 0.124 e. The van der Waals surface area contributed by atoms with E-state index in [4.69, 9.17) is 21.1 Å². The van der Waals surface area contributed by atoms with E-state index in [1.165, 1.54) is 0 Å². The molecule has 1 aromatic carbocycles. The minimum absolute atomic E-state index is 0.165. The summed E-state index contributed by atoms with van der Waals surface area (Å²) in [7, 11) is 0. The highest BCUT2D eigenvalue weighted by Gasteiger charge is 2.18. The molecule has 1 aliphatic heterocycles. The average molecular weight is 270 g/mol. The second-order valence-corrected chi connectivity index (χ2v) is 4.97. The highest BCUT2D eigenvalue weighted by molar-refractivity contribution is 6.31. The van der Waals surface area contributed by atoms with Crippen LogP contribution in [0, 0.1) is 0 Å². The van der Waals surface area contributed by atoms with E-state index < -0.39 is 0 Å². The van der Waals surface area contributed by atoms with Gasteiger partial charge in [0, 0.05) is 17.5 Å². The Bertz CT molecular complexity index is 391. The van der Waals surface area contributed by atoms with Gasteiger partial charge in [-0.1, -0.05) is 24.6 Å². The molecule has 0 radical (unpaired) electrons. The van der Waals surface area contributed by atoms with Crippen LogP contribution in [0.1, 0.15) is 31.9 Å². The van der Waals surface area contributed by atoms with Crippen LogP contribution in [0.2, 0.25) is 5.02 Å². The molecule has 3 nitrogen and oxygen atoms in total. The van der Waals surface area contributed by atoms with Crippen molar-refractivity contribution in [1.82, 2.24) is 5.32 Å². The minimum Gasteiger partial charge on any atom is -0.488 e. The van der Waals surface area contributed by atoms with Crippen LogP contribution in [-0.4, -0.2) is 25.9 Å². The molecular formula is C14H20ClNO2. The number of nitrogens with one attached hydrogen (secondary N) is 1. The fraction of sp³-hybridized carbons (Fsp3) is 0.571. The van der Waals surface area contributed by atoms with E-state index in [-0.39, 0.29) is 12.1 Å². The van der Waals surface area contributed by atoms with Gasteiger partial charge in [0.05, 0.1) is 13.2 Å². The van der Waals surface area contributed by atoms with Gasteiger partial charge in [-0.25, -0.2) is 0 Å². The molecule has 1 heterocycles. The number of benzene rings is 1. The summed E-state index contributed by atoms with van der Waals surface area (Å²) in [4.78, 5) is 0. The van der Waals surface area contributed by atoms with E-state index in [9.17, 15) is 0 Å². The SMILES string of the molecule is CCNC(C)c1ccc(OC2CCOC2)cc1Cl. The molecule has 0 aromatic heterocycles. The molecule has 0 saturated carbocycles. The quantitative estimate of drug-likeness (QED) is 0.891.